The van der Waals surface area contributed by atoms with E-state index in [4.69, 9.17) is 21.7 Å². The fraction of sp³-hybridized carbons (Fsp3) is 0.333. The topological polar surface area (TPSA) is 54.9 Å². The SMILES string of the molecule is CCCOc1ccc(C=NNC(=S)Nc2ccccc2C)c(OCCC)c1. The molecular weight excluding hydrogens is 358 g/mol. The van der Waals surface area contributed by atoms with E-state index in [0.717, 1.165) is 41.2 Å². The minimum Gasteiger partial charge on any atom is -0.493 e. The van der Waals surface area contributed by atoms with Gasteiger partial charge in [-0.3, -0.25) is 5.43 Å². The maximum atomic E-state index is 5.83. The minimum atomic E-state index is 0.430. The van der Waals surface area contributed by atoms with Gasteiger partial charge in [-0.1, -0.05) is 32.0 Å². The van der Waals surface area contributed by atoms with Crippen LogP contribution in [0.4, 0.5) is 5.69 Å². The van der Waals surface area contributed by atoms with Gasteiger partial charge in [0.1, 0.15) is 11.5 Å². The molecule has 0 aliphatic rings. The molecule has 0 aliphatic heterocycles. The largest absolute Gasteiger partial charge is 0.493 e. The molecule has 5 nitrogen and oxygen atoms in total. The average molecular weight is 386 g/mol. The predicted octanol–water partition coefficient (Wildman–Crippen LogP) is 4.89. The van der Waals surface area contributed by atoms with Crippen molar-refractivity contribution in [3.63, 3.8) is 0 Å². The lowest BCUT2D eigenvalue weighted by atomic mass is 10.2. The summed E-state index contributed by atoms with van der Waals surface area (Å²) in [6.45, 7) is 7.49. The highest BCUT2D eigenvalue weighted by Gasteiger charge is 2.05. The molecule has 0 fully saturated rings. The predicted molar refractivity (Wildman–Crippen MR) is 116 cm³/mol. The lowest BCUT2D eigenvalue weighted by molar-refractivity contribution is 0.301. The van der Waals surface area contributed by atoms with E-state index < -0.39 is 0 Å². The Balaban J connectivity index is 2.01. The normalized spacial score (nSPS) is 10.6. The molecule has 0 aliphatic carbocycles. The Labute approximate surface area is 166 Å². The molecule has 0 saturated heterocycles. The number of benzene rings is 2. The summed E-state index contributed by atoms with van der Waals surface area (Å²) in [5.41, 5.74) is 5.77. The molecule has 0 unspecified atom stereocenters. The second kappa shape index (κ2) is 11.2. The summed E-state index contributed by atoms with van der Waals surface area (Å²) in [6, 6.07) is 13.7. The van der Waals surface area contributed by atoms with E-state index in [1.165, 1.54) is 0 Å². The first-order valence-electron chi connectivity index (χ1n) is 9.19. The van der Waals surface area contributed by atoms with Gasteiger partial charge in [-0.05, 0) is 55.7 Å². The third-order valence-corrected chi connectivity index (χ3v) is 3.88. The molecule has 2 N–H and O–H groups in total. The Morgan fingerprint density at radius 3 is 2.56 bits per heavy atom. The van der Waals surface area contributed by atoms with Gasteiger partial charge < -0.3 is 14.8 Å². The van der Waals surface area contributed by atoms with Crippen molar-refractivity contribution in [1.82, 2.24) is 5.43 Å². The summed E-state index contributed by atoms with van der Waals surface area (Å²) < 4.78 is 11.5. The molecule has 0 saturated carbocycles. The van der Waals surface area contributed by atoms with Crippen LogP contribution in [-0.4, -0.2) is 24.5 Å². The van der Waals surface area contributed by atoms with E-state index in [2.05, 4.69) is 29.7 Å². The van der Waals surface area contributed by atoms with Crippen LogP contribution in [0.5, 0.6) is 11.5 Å². The molecule has 2 rings (SSSR count). The Kier molecular flexibility index (Phi) is 8.58. The van der Waals surface area contributed by atoms with Gasteiger partial charge in [0.2, 0.25) is 0 Å². The number of aryl methyl sites for hydroxylation is 1. The van der Waals surface area contributed by atoms with Crippen molar-refractivity contribution in [1.29, 1.82) is 0 Å². The zero-order valence-corrected chi connectivity index (χ0v) is 16.9. The number of rotatable bonds is 9. The summed E-state index contributed by atoms with van der Waals surface area (Å²) in [7, 11) is 0. The van der Waals surface area contributed by atoms with Crippen LogP contribution in [0.3, 0.4) is 0 Å². The van der Waals surface area contributed by atoms with E-state index in [0.29, 0.717) is 18.3 Å². The summed E-state index contributed by atoms with van der Waals surface area (Å²) in [5.74, 6) is 1.54. The number of hydrogen-bond acceptors (Lipinski definition) is 4. The number of hydrazone groups is 1. The summed E-state index contributed by atoms with van der Waals surface area (Å²) in [4.78, 5) is 0. The molecule has 0 atom stereocenters. The number of nitrogens with one attached hydrogen (secondary N) is 2. The van der Waals surface area contributed by atoms with Gasteiger partial charge in [-0.15, -0.1) is 0 Å². The maximum absolute atomic E-state index is 5.83. The molecule has 0 heterocycles. The van der Waals surface area contributed by atoms with Gasteiger partial charge >= 0.3 is 0 Å². The highest BCUT2D eigenvalue weighted by Crippen LogP contribution is 2.24. The Morgan fingerprint density at radius 1 is 1.07 bits per heavy atom. The molecular formula is C21H27N3O2S. The van der Waals surface area contributed by atoms with Gasteiger partial charge in [-0.2, -0.15) is 5.10 Å². The fourth-order valence-corrected chi connectivity index (χ4v) is 2.45. The van der Waals surface area contributed by atoms with Crippen molar-refractivity contribution < 1.29 is 9.47 Å². The van der Waals surface area contributed by atoms with Crippen molar-refractivity contribution in [2.45, 2.75) is 33.6 Å². The highest BCUT2D eigenvalue weighted by atomic mass is 32.1. The second-order valence-electron chi connectivity index (χ2n) is 6.04. The second-order valence-corrected chi connectivity index (χ2v) is 6.44. The number of thiocarbonyl (C=S) groups is 1. The van der Waals surface area contributed by atoms with Gasteiger partial charge in [0.15, 0.2) is 5.11 Å². The standard InChI is InChI=1S/C21H27N3O2S/c1-4-12-25-18-11-10-17(20(14-18)26-13-5-2)15-22-24-21(27)23-19-9-7-6-8-16(19)3/h6-11,14-15H,4-5,12-13H2,1-3H3,(H2,23,24,27). The van der Waals surface area contributed by atoms with Crippen LogP contribution in [0.1, 0.15) is 37.8 Å². The quantitative estimate of drug-likeness (QED) is 0.365. The Bertz CT molecular complexity index is 778. The summed E-state index contributed by atoms with van der Waals surface area (Å²) >= 11 is 5.30. The molecule has 2 aromatic carbocycles. The third kappa shape index (κ3) is 6.90. The van der Waals surface area contributed by atoms with Crippen molar-refractivity contribution in [2.24, 2.45) is 5.10 Å². The highest BCUT2D eigenvalue weighted by molar-refractivity contribution is 7.80. The lowest BCUT2D eigenvalue weighted by Crippen LogP contribution is -2.24. The lowest BCUT2D eigenvalue weighted by Gasteiger charge is -2.12. The molecule has 0 aromatic heterocycles. The molecule has 27 heavy (non-hydrogen) atoms. The van der Waals surface area contributed by atoms with Crippen LogP contribution in [0.2, 0.25) is 0 Å². The van der Waals surface area contributed by atoms with Crippen molar-refractivity contribution >= 4 is 29.2 Å². The molecule has 0 amide bonds. The first kappa shape index (κ1) is 20.7. The van der Waals surface area contributed by atoms with Crippen LogP contribution in [0.15, 0.2) is 47.6 Å². The molecule has 144 valence electrons. The van der Waals surface area contributed by atoms with Crippen LogP contribution < -0.4 is 20.2 Å². The average Bonchev–Trinajstić information content (AvgIpc) is 2.67. The number of para-hydroxylation sites is 1. The van der Waals surface area contributed by atoms with E-state index >= 15 is 0 Å². The van der Waals surface area contributed by atoms with Gasteiger partial charge in [-0.25, -0.2) is 0 Å². The Hall–Kier alpha value is -2.60. The zero-order valence-electron chi connectivity index (χ0n) is 16.1. The summed E-state index contributed by atoms with van der Waals surface area (Å²) in [5, 5.41) is 7.79. The third-order valence-electron chi connectivity index (χ3n) is 3.68. The van der Waals surface area contributed by atoms with Crippen molar-refractivity contribution in [2.75, 3.05) is 18.5 Å². The first-order chi connectivity index (χ1) is 13.1. The van der Waals surface area contributed by atoms with E-state index in [1.54, 1.807) is 6.21 Å². The van der Waals surface area contributed by atoms with Crippen molar-refractivity contribution in [3.8, 4) is 11.5 Å². The zero-order chi connectivity index (χ0) is 19.5. The van der Waals surface area contributed by atoms with E-state index in [1.807, 2.05) is 49.4 Å². The minimum absolute atomic E-state index is 0.430. The maximum Gasteiger partial charge on any atom is 0.191 e. The number of ether oxygens (including phenoxy) is 2. The van der Waals surface area contributed by atoms with Crippen LogP contribution in [0.25, 0.3) is 0 Å². The van der Waals surface area contributed by atoms with Gasteiger partial charge in [0, 0.05) is 17.3 Å². The number of nitrogens with zero attached hydrogens (tertiary/aromatic N) is 1. The molecule has 0 bridgehead atoms. The molecule has 0 spiro atoms. The van der Waals surface area contributed by atoms with Crippen molar-refractivity contribution in [3.05, 3.63) is 53.6 Å². The van der Waals surface area contributed by atoms with Gasteiger partial charge in [0.25, 0.3) is 0 Å². The van der Waals surface area contributed by atoms with Crippen LogP contribution >= 0.6 is 12.2 Å². The van der Waals surface area contributed by atoms with Crippen LogP contribution in [-0.2, 0) is 0 Å². The number of hydrogen-bond donors (Lipinski definition) is 2. The monoisotopic (exact) mass is 385 g/mol. The molecule has 6 heteroatoms. The molecule has 0 radical (unpaired) electrons. The van der Waals surface area contributed by atoms with E-state index in [9.17, 15) is 0 Å². The number of anilines is 1. The van der Waals surface area contributed by atoms with Crippen LogP contribution in [0, 0.1) is 6.92 Å². The van der Waals surface area contributed by atoms with E-state index in [-0.39, 0.29) is 0 Å². The smallest absolute Gasteiger partial charge is 0.191 e. The fourth-order valence-electron chi connectivity index (χ4n) is 2.29. The Morgan fingerprint density at radius 2 is 1.81 bits per heavy atom. The summed E-state index contributed by atoms with van der Waals surface area (Å²) in [6.07, 6.45) is 3.59. The first-order valence-corrected chi connectivity index (χ1v) is 9.60. The molecule has 2 aromatic rings. The van der Waals surface area contributed by atoms with Gasteiger partial charge in [0.05, 0.1) is 19.4 Å².